The lowest BCUT2D eigenvalue weighted by Gasteiger charge is -2.21. The largest absolute Gasteiger partial charge is 0.472 e. The number of carbonyl (C=O) groups is 4. The number of hydrogen-bond donors (Lipinski definition) is 3. The summed E-state index contributed by atoms with van der Waals surface area (Å²) in [5, 5.41) is 10.6. The van der Waals surface area contributed by atoms with Crippen LogP contribution in [0.15, 0.2) is 0 Å². The number of esters is 4. The summed E-state index contributed by atoms with van der Waals surface area (Å²) < 4.78 is 68.7. The number of ether oxygens (including phenoxy) is 4. The van der Waals surface area contributed by atoms with Crippen LogP contribution in [0.4, 0.5) is 0 Å². The van der Waals surface area contributed by atoms with E-state index < -0.39 is 97.5 Å². The van der Waals surface area contributed by atoms with Gasteiger partial charge in [-0.05, 0) is 31.6 Å². The fourth-order valence-corrected chi connectivity index (χ4v) is 14.5. The van der Waals surface area contributed by atoms with Gasteiger partial charge in [0.05, 0.1) is 26.4 Å². The molecule has 17 nitrogen and oxygen atoms in total. The van der Waals surface area contributed by atoms with Crippen LogP contribution in [0.3, 0.4) is 0 Å². The van der Waals surface area contributed by atoms with Crippen molar-refractivity contribution >= 4 is 39.5 Å². The highest BCUT2D eigenvalue weighted by atomic mass is 31.2. The Labute approximate surface area is 626 Å². The molecule has 0 amide bonds. The topological polar surface area (TPSA) is 237 Å². The number of unbranched alkanes of at least 4 members (excludes halogenated alkanes) is 55. The third-order valence-corrected chi connectivity index (χ3v) is 21.4. The molecule has 2 unspecified atom stereocenters. The highest BCUT2D eigenvalue weighted by Crippen LogP contribution is 2.45. The molecule has 0 aliphatic heterocycles. The average molecular weight is 1490 g/mol. The lowest BCUT2D eigenvalue weighted by atomic mass is 10.0. The lowest BCUT2D eigenvalue weighted by molar-refractivity contribution is -0.161. The first-order valence-corrected chi connectivity index (χ1v) is 46.1. The highest BCUT2D eigenvalue weighted by molar-refractivity contribution is 7.47. The summed E-state index contributed by atoms with van der Waals surface area (Å²) in [6.45, 7) is 7.35. The van der Waals surface area contributed by atoms with Gasteiger partial charge in [0.1, 0.15) is 19.3 Å². The van der Waals surface area contributed by atoms with E-state index in [-0.39, 0.29) is 25.7 Å². The first-order valence-electron chi connectivity index (χ1n) is 43.1. The Hall–Kier alpha value is -1.94. The molecule has 0 aromatic heterocycles. The number of aliphatic hydroxyl groups excluding tert-OH is 1. The van der Waals surface area contributed by atoms with E-state index in [1.165, 1.54) is 270 Å². The molecule has 0 radical (unpaired) electrons. The van der Waals surface area contributed by atoms with Crippen molar-refractivity contribution in [2.75, 3.05) is 39.6 Å². The lowest BCUT2D eigenvalue weighted by Crippen LogP contribution is -2.30. The second-order valence-electron chi connectivity index (χ2n) is 30.3. The van der Waals surface area contributed by atoms with Gasteiger partial charge in [-0.25, -0.2) is 9.13 Å². The van der Waals surface area contributed by atoms with Crippen LogP contribution in [0.5, 0.6) is 0 Å². The first kappa shape index (κ1) is 100. The Morgan fingerprint density at radius 3 is 0.667 bits per heavy atom. The molecule has 0 saturated heterocycles. The van der Waals surface area contributed by atoms with Crippen LogP contribution in [-0.4, -0.2) is 96.7 Å². The maximum Gasteiger partial charge on any atom is 0.472 e. The van der Waals surface area contributed by atoms with E-state index in [1.54, 1.807) is 0 Å². The number of carbonyl (C=O) groups excluding carboxylic acids is 4. The predicted molar refractivity (Wildman–Crippen MR) is 418 cm³/mol. The Morgan fingerprint density at radius 1 is 0.265 bits per heavy atom. The van der Waals surface area contributed by atoms with Crippen LogP contribution >= 0.6 is 15.6 Å². The van der Waals surface area contributed by atoms with Gasteiger partial charge in [-0.2, -0.15) is 0 Å². The number of rotatable bonds is 83. The summed E-state index contributed by atoms with van der Waals surface area (Å²) in [4.78, 5) is 73.0. The molecule has 102 heavy (non-hydrogen) atoms. The molecule has 0 spiro atoms. The minimum absolute atomic E-state index is 0.108. The molecule has 0 bridgehead atoms. The van der Waals surface area contributed by atoms with Crippen molar-refractivity contribution in [2.45, 2.75) is 464 Å². The Morgan fingerprint density at radius 2 is 0.451 bits per heavy atom. The van der Waals surface area contributed by atoms with E-state index in [0.717, 1.165) is 95.8 Å². The molecule has 0 saturated carbocycles. The molecular weight excluding hydrogens is 1330 g/mol. The molecule has 5 atom stereocenters. The molecule has 19 heteroatoms. The van der Waals surface area contributed by atoms with Gasteiger partial charge in [-0.1, -0.05) is 394 Å². The van der Waals surface area contributed by atoms with E-state index in [0.29, 0.717) is 25.7 Å². The average Bonchev–Trinajstić information content (AvgIpc) is 0.916. The van der Waals surface area contributed by atoms with Crippen molar-refractivity contribution < 1.29 is 80.2 Å². The van der Waals surface area contributed by atoms with Crippen LogP contribution in [-0.2, 0) is 65.4 Å². The molecule has 0 aromatic carbocycles. The Kier molecular flexibility index (Phi) is 74.4. The highest BCUT2D eigenvalue weighted by Gasteiger charge is 2.30. The molecule has 0 fully saturated rings. The van der Waals surface area contributed by atoms with Gasteiger partial charge in [0.15, 0.2) is 12.2 Å². The van der Waals surface area contributed by atoms with Gasteiger partial charge < -0.3 is 33.8 Å². The summed E-state index contributed by atoms with van der Waals surface area (Å²) in [7, 11) is -9.92. The van der Waals surface area contributed by atoms with Gasteiger partial charge in [0, 0.05) is 25.7 Å². The fourth-order valence-electron chi connectivity index (χ4n) is 12.9. The summed E-state index contributed by atoms with van der Waals surface area (Å²) in [6, 6.07) is 0. The third-order valence-electron chi connectivity index (χ3n) is 19.5. The number of phosphoric ester groups is 2. The smallest absolute Gasteiger partial charge is 0.462 e. The van der Waals surface area contributed by atoms with E-state index in [4.69, 9.17) is 37.0 Å². The van der Waals surface area contributed by atoms with Crippen molar-refractivity contribution in [3.63, 3.8) is 0 Å². The summed E-state index contributed by atoms with van der Waals surface area (Å²) in [5.74, 6) is -1.29. The molecule has 0 aliphatic rings. The van der Waals surface area contributed by atoms with E-state index in [1.807, 2.05) is 0 Å². The quantitative estimate of drug-likeness (QED) is 0.0222. The summed E-state index contributed by atoms with van der Waals surface area (Å²) in [6.07, 6.45) is 68.1. The summed E-state index contributed by atoms with van der Waals surface area (Å²) in [5.41, 5.74) is 0. The van der Waals surface area contributed by atoms with Crippen molar-refractivity contribution in [2.24, 2.45) is 5.92 Å². The van der Waals surface area contributed by atoms with Crippen molar-refractivity contribution in [1.29, 1.82) is 0 Å². The van der Waals surface area contributed by atoms with Crippen molar-refractivity contribution in [3.8, 4) is 0 Å². The fraction of sp³-hybridized carbons (Fsp3) is 0.952. The van der Waals surface area contributed by atoms with Gasteiger partial charge in [0.2, 0.25) is 0 Å². The second kappa shape index (κ2) is 75.9. The van der Waals surface area contributed by atoms with Crippen LogP contribution in [0.2, 0.25) is 0 Å². The maximum absolute atomic E-state index is 13.1. The second-order valence-corrected chi connectivity index (χ2v) is 33.3. The molecule has 0 heterocycles. The molecule has 0 rings (SSSR count). The van der Waals surface area contributed by atoms with E-state index in [2.05, 4.69) is 34.6 Å². The van der Waals surface area contributed by atoms with Gasteiger partial charge >= 0.3 is 39.5 Å². The molecule has 0 aromatic rings. The van der Waals surface area contributed by atoms with Gasteiger partial charge in [0.25, 0.3) is 0 Å². The van der Waals surface area contributed by atoms with E-state index >= 15 is 0 Å². The monoisotopic (exact) mass is 1490 g/mol. The van der Waals surface area contributed by atoms with Gasteiger partial charge in [-0.3, -0.25) is 37.3 Å². The van der Waals surface area contributed by atoms with Gasteiger partial charge in [-0.15, -0.1) is 0 Å². The number of hydrogen-bond acceptors (Lipinski definition) is 15. The van der Waals surface area contributed by atoms with Crippen LogP contribution in [0, 0.1) is 5.92 Å². The minimum atomic E-state index is -4.96. The molecular formula is C83H162O17P2. The minimum Gasteiger partial charge on any atom is -0.462 e. The molecule has 0 aliphatic carbocycles. The zero-order chi connectivity index (χ0) is 74.8. The zero-order valence-corrected chi connectivity index (χ0v) is 68.5. The molecule has 606 valence electrons. The van der Waals surface area contributed by atoms with Crippen LogP contribution in [0.25, 0.3) is 0 Å². The third kappa shape index (κ3) is 76.3. The first-order chi connectivity index (χ1) is 49.5. The van der Waals surface area contributed by atoms with E-state index in [9.17, 15) is 43.2 Å². The van der Waals surface area contributed by atoms with Crippen LogP contribution < -0.4 is 0 Å². The SMILES string of the molecule is CCCCCCCCCCCCCCCCCCCCCCCC(=O)O[C@H](COC(=O)CCCCCCCCCCCCCCCCCCC(C)C)COP(=O)(O)OC[C@@H](O)COP(=O)(O)OC[C@@H](COC(=O)CCCCCCCCCC)OC(=O)CCCCCCCCCCCCCCCC. The number of aliphatic hydroxyl groups is 1. The Balaban J connectivity index is 5.18. The Bertz CT molecular complexity index is 1940. The zero-order valence-electron chi connectivity index (χ0n) is 66.8. The normalized spacial score (nSPS) is 13.8. The van der Waals surface area contributed by atoms with Crippen molar-refractivity contribution in [1.82, 2.24) is 0 Å². The molecule has 3 N–H and O–H groups in total. The standard InChI is InChI=1S/C83H162O17P2/c1-6-9-12-15-18-21-23-25-27-28-29-30-31-32-37-41-45-49-54-59-64-69-83(88)100-79(73-94-81(86)67-62-57-52-47-43-40-36-34-33-35-38-42-46-50-55-60-65-76(4)5)75-98-102(91,92)96-71-77(84)70-95-101(89,90)97-74-78(72-93-80(85)66-61-56-51-20-17-14-11-8-3)99-82(87)68-63-58-53-48-44-39-26-24-22-19-16-13-10-7-2/h76-79,84H,6-75H2,1-5H3,(H,89,90)(H,91,92)/t77-,78+,79+/m0/s1. The predicted octanol–water partition coefficient (Wildman–Crippen LogP) is 25.2. The van der Waals surface area contributed by atoms with Crippen LogP contribution in [0.1, 0.15) is 446 Å². The number of phosphoric acid groups is 2. The summed E-state index contributed by atoms with van der Waals surface area (Å²) >= 11 is 0. The maximum atomic E-state index is 13.1. The van der Waals surface area contributed by atoms with Crippen molar-refractivity contribution in [3.05, 3.63) is 0 Å².